The molecule has 0 radical (unpaired) electrons. The van der Waals surface area contributed by atoms with E-state index in [0.717, 1.165) is 11.2 Å². The molecular weight excluding hydrogens is 555 g/mol. The first kappa shape index (κ1) is 25.8. The normalized spacial score (nSPS) is 14.6. The van der Waals surface area contributed by atoms with Crippen LogP contribution in [0.5, 0.6) is 0 Å². The standard InChI is InChI=1S/C23H13Cl3N2O7S/c1-34-22(32)13-7-12(2-3-15(13)25)27-18(29)8-28-21(31)17(36-23(28)33)4-10-9-35-20-14(19(10)30)5-11(24)6-16(20)26/h2-7,9H,8H2,1H3,(H,27,29)/b17-4-. The number of hydrogen-bond donors (Lipinski definition) is 1. The Labute approximate surface area is 221 Å². The smallest absolute Gasteiger partial charge is 0.339 e. The number of methoxy groups -OCH3 is 1. The maximum absolute atomic E-state index is 12.8. The molecule has 1 aliphatic heterocycles. The van der Waals surface area contributed by atoms with E-state index < -0.39 is 35.0 Å². The summed E-state index contributed by atoms with van der Waals surface area (Å²) < 4.78 is 10.1. The Morgan fingerprint density at radius 3 is 2.58 bits per heavy atom. The van der Waals surface area contributed by atoms with Crippen molar-refractivity contribution in [3.63, 3.8) is 0 Å². The maximum atomic E-state index is 12.8. The summed E-state index contributed by atoms with van der Waals surface area (Å²) in [6, 6.07) is 6.94. The molecule has 2 heterocycles. The van der Waals surface area contributed by atoms with E-state index in [2.05, 4.69) is 10.1 Å². The molecule has 1 saturated heterocycles. The quantitative estimate of drug-likeness (QED) is 0.329. The number of carbonyl (C=O) groups excluding carboxylic acids is 4. The van der Waals surface area contributed by atoms with Crippen molar-refractivity contribution in [2.45, 2.75) is 0 Å². The number of halogens is 3. The summed E-state index contributed by atoms with van der Waals surface area (Å²) in [7, 11) is 1.18. The number of benzene rings is 2. The molecular formula is C23H13Cl3N2O7S. The highest BCUT2D eigenvalue weighted by Crippen LogP contribution is 2.33. The largest absolute Gasteiger partial charge is 0.465 e. The lowest BCUT2D eigenvalue weighted by Crippen LogP contribution is -2.36. The van der Waals surface area contributed by atoms with Gasteiger partial charge in [0.2, 0.25) is 5.91 Å². The molecule has 0 unspecified atom stereocenters. The number of ether oxygens (including phenoxy) is 1. The van der Waals surface area contributed by atoms with Crippen molar-refractivity contribution in [2.75, 3.05) is 19.0 Å². The molecule has 0 aliphatic carbocycles. The number of imide groups is 1. The van der Waals surface area contributed by atoms with Gasteiger partial charge < -0.3 is 14.5 Å². The number of nitrogens with one attached hydrogen (secondary N) is 1. The average Bonchev–Trinajstić information content (AvgIpc) is 3.09. The van der Waals surface area contributed by atoms with Gasteiger partial charge in [-0.25, -0.2) is 4.79 Å². The van der Waals surface area contributed by atoms with Crippen LogP contribution in [0.25, 0.3) is 17.0 Å². The summed E-state index contributed by atoms with van der Waals surface area (Å²) in [5.74, 6) is -2.17. The third-order valence-corrected chi connectivity index (χ3v) is 6.67. The lowest BCUT2D eigenvalue weighted by Gasteiger charge is -2.13. The number of rotatable bonds is 5. The zero-order chi connectivity index (χ0) is 26.1. The number of carbonyl (C=O) groups is 4. The third-order valence-electron chi connectivity index (χ3n) is 4.94. The molecule has 1 aromatic heterocycles. The molecule has 1 N–H and O–H groups in total. The lowest BCUT2D eigenvalue weighted by molar-refractivity contribution is -0.127. The van der Waals surface area contributed by atoms with Crippen LogP contribution in [0.4, 0.5) is 10.5 Å². The number of nitrogens with zero attached hydrogens (tertiary/aromatic N) is 1. The van der Waals surface area contributed by atoms with Gasteiger partial charge in [-0.3, -0.25) is 24.1 Å². The van der Waals surface area contributed by atoms with Crippen LogP contribution < -0.4 is 10.7 Å². The van der Waals surface area contributed by atoms with Crippen LogP contribution in [0.15, 0.2) is 50.7 Å². The summed E-state index contributed by atoms with van der Waals surface area (Å²) >= 11 is 18.5. The highest BCUT2D eigenvalue weighted by Gasteiger charge is 2.36. The van der Waals surface area contributed by atoms with Crippen LogP contribution in [0, 0.1) is 0 Å². The molecule has 9 nitrogen and oxygen atoms in total. The summed E-state index contributed by atoms with van der Waals surface area (Å²) in [5, 5.41) is 2.39. The second-order valence-electron chi connectivity index (χ2n) is 7.29. The van der Waals surface area contributed by atoms with Crippen LogP contribution in [0.2, 0.25) is 15.1 Å². The van der Waals surface area contributed by atoms with E-state index in [9.17, 15) is 24.0 Å². The first-order valence-corrected chi connectivity index (χ1v) is 11.9. The Balaban J connectivity index is 1.53. The van der Waals surface area contributed by atoms with Crippen LogP contribution >= 0.6 is 46.6 Å². The molecule has 1 aliphatic rings. The van der Waals surface area contributed by atoms with Crippen molar-refractivity contribution in [1.82, 2.24) is 4.90 Å². The van der Waals surface area contributed by atoms with Gasteiger partial charge in [-0.05, 0) is 48.2 Å². The van der Waals surface area contributed by atoms with E-state index >= 15 is 0 Å². The number of thioether (sulfide) groups is 1. The molecule has 13 heteroatoms. The molecule has 0 atom stereocenters. The van der Waals surface area contributed by atoms with Gasteiger partial charge in [0.1, 0.15) is 12.8 Å². The van der Waals surface area contributed by atoms with Gasteiger partial charge >= 0.3 is 5.97 Å². The fourth-order valence-corrected chi connectivity index (χ4v) is 4.83. The SMILES string of the molecule is COC(=O)c1cc(NC(=O)CN2C(=O)S/C(=C\c3coc4c(Cl)cc(Cl)cc4c3=O)C2=O)ccc1Cl. The van der Waals surface area contributed by atoms with E-state index in [-0.39, 0.29) is 47.8 Å². The second kappa shape index (κ2) is 10.4. The van der Waals surface area contributed by atoms with Gasteiger partial charge in [-0.1, -0.05) is 34.8 Å². The summed E-state index contributed by atoms with van der Waals surface area (Å²) in [6.45, 7) is -0.601. The predicted octanol–water partition coefficient (Wildman–Crippen LogP) is 5.21. The second-order valence-corrected chi connectivity index (χ2v) is 9.53. The minimum atomic E-state index is -0.768. The molecule has 4 rings (SSSR count). The topological polar surface area (TPSA) is 123 Å². The number of fused-ring (bicyclic) bond motifs is 1. The van der Waals surface area contributed by atoms with Crippen molar-refractivity contribution in [3.05, 3.63) is 77.9 Å². The highest BCUT2D eigenvalue weighted by molar-refractivity contribution is 8.18. The first-order chi connectivity index (χ1) is 17.1. The van der Waals surface area contributed by atoms with Gasteiger partial charge in [-0.2, -0.15) is 0 Å². The summed E-state index contributed by atoms with van der Waals surface area (Å²) in [6.07, 6.45) is 2.31. The zero-order valence-corrected chi connectivity index (χ0v) is 21.2. The van der Waals surface area contributed by atoms with Crippen LogP contribution in [-0.4, -0.2) is 41.6 Å². The Morgan fingerprint density at radius 2 is 1.86 bits per heavy atom. The first-order valence-electron chi connectivity index (χ1n) is 9.92. The van der Waals surface area contributed by atoms with Crippen molar-refractivity contribution < 1.29 is 28.3 Å². The Morgan fingerprint density at radius 1 is 1.11 bits per heavy atom. The number of amides is 3. The van der Waals surface area contributed by atoms with Gasteiger partial charge in [0, 0.05) is 10.7 Å². The molecule has 184 valence electrons. The van der Waals surface area contributed by atoms with Gasteiger partial charge in [-0.15, -0.1) is 0 Å². The van der Waals surface area contributed by atoms with Crippen LogP contribution in [-0.2, 0) is 14.3 Å². The average molecular weight is 568 g/mol. The fraction of sp³-hybridized carbons (Fsp3) is 0.0870. The monoisotopic (exact) mass is 566 g/mol. The summed E-state index contributed by atoms with van der Waals surface area (Å²) in [5.41, 5.74) is -0.145. The zero-order valence-electron chi connectivity index (χ0n) is 18.1. The molecule has 3 aromatic rings. The van der Waals surface area contributed by atoms with Gasteiger partial charge in [0.25, 0.3) is 11.1 Å². The Hall–Kier alpha value is -3.31. The van der Waals surface area contributed by atoms with E-state index in [1.807, 2.05) is 0 Å². The highest BCUT2D eigenvalue weighted by atomic mass is 35.5. The van der Waals surface area contributed by atoms with Crippen molar-refractivity contribution in [1.29, 1.82) is 0 Å². The third kappa shape index (κ3) is 5.12. The molecule has 1 fully saturated rings. The minimum absolute atomic E-state index is 0.00714. The molecule has 0 bridgehead atoms. The van der Waals surface area contributed by atoms with E-state index in [0.29, 0.717) is 11.8 Å². The number of hydrogen-bond acceptors (Lipinski definition) is 8. The fourth-order valence-electron chi connectivity index (χ4n) is 3.27. The van der Waals surface area contributed by atoms with Gasteiger partial charge in [0.05, 0.1) is 38.6 Å². The predicted molar refractivity (Wildman–Crippen MR) is 137 cm³/mol. The van der Waals surface area contributed by atoms with E-state index in [1.54, 1.807) is 0 Å². The lowest BCUT2D eigenvalue weighted by atomic mass is 10.1. The Kier molecular flexibility index (Phi) is 7.41. The molecule has 2 aromatic carbocycles. The van der Waals surface area contributed by atoms with Crippen molar-refractivity contribution in [3.8, 4) is 0 Å². The Bertz CT molecular complexity index is 1550. The van der Waals surface area contributed by atoms with Gasteiger partial charge in [0.15, 0.2) is 11.0 Å². The molecule has 0 spiro atoms. The van der Waals surface area contributed by atoms with Crippen molar-refractivity contribution in [2.24, 2.45) is 0 Å². The molecule has 0 saturated carbocycles. The number of anilines is 1. The van der Waals surface area contributed by atoms with E-state index in [1.165, 1.54) is 43.5 Å². The molecule has 3 amide bonds. The molecule has 36 heavy (non-hydrogen) atoms. The number of esters is 1. The van der Waals surface area contributed by atoms with Crippen molar-refractivity contribution >= 4 is 92.3 Å². The van der Waals surface area contributed by atoms with Crippen LogP contribution in [0.3, 0.4) is 0 Å². The minimum Gasteiger partial charge on any atom is -0.465 e. The maximum Gasteiger partial charge on any atom is 0.339 e. The summed E-state index contributed by atoms with van der Waals surface area (Å²) in [4.78, 5) is 63.0. The van der Waals surface area contributed by atoms with E-state index in [4.69, 9.17) is 39.2 Å². The van der Waals surface area contributed by atoms with Crippen LogP contribution in [0.1, 0.15) is 15.9 Å².